The Morgan fingerprint density at radius 1 is 1.69 bits per heavy atom. The van der Waals surface area contributed by atoms with Crippen molar-refractivity contribution in [1.82, 2.24) is 5.43 Å². The van der Waals surface area contributed by atoms with Gasteiger partial charge in [0, 0.05) is 23.4 Å². The average Bonchev–Trinajstić information content (AvgIpc) is 2.84. The number of nitrogens with one attached hydrogen (secondary N) is 1. The van der Waals surface area contributed by atoms with E-state index in [4.69, 9.17) is 22.2 Å². The van der Waals surface area contributed by atoms with Crippen molar-refractivity contribution in [2.45, 2.75) is 31.9 Å². The van der Waals surface area contributed by atoms with Crippen molar-refractivity contribution in [2.75, 3.05) is 6.61 Å². The standard InChI is InChI=1S/C11H17ClN2OS/c1-7-9(4-5-15-7)10(14-13)6-8-2-3-11(12)16-8/h2-3,7,9-10,14H,4-6,13H2,1H3. The second kappa shape index (κ2) is 5.47. The number of hydrogen-bond acceptors (Lipinski definition) is 4. The Balaban J connectivity index is 2.00. The molecule has 5 heteroatoms. The molecule has 3 atom stereocenters. The van der Waals surface area contributed by atoms with Crippen molar-refractivity contribution in [3.8, 4) is 0 Å². The van der Waals surface area contributed by atoms with Crippen LogP contribution in [-0.2, 0) is 11.2 Å². The van der Waals surface area contributed by atoms with Crippen LogP contribution in [0.25, 0.3) is 0 Å². The molecule has 2 rings (SSSR count). The molecule has 16 heavy (non-hydrogen) atoms. The average molecular weight is 261 g/mol. The SMILES string of the molecule is CC1OCCC1C(Cc1ccc(Cl)s1)NN. The van der Waals surface area contributed by atoms with Crippen LogP contribution in [0.5, 0.6) is 0 Å². The van der Waals surface area contributed by atoms with Gasteiger partial charge in [-0.2, -0.15) is 0 Å². The molecular formula is C11H17ClN2OS. The smallest absolute Gasteiger partial charge is 0.0931 e. The molecule has 0 amide bonds. The first kappa shape index (κ1) is 12.3. The first-order valence-electron chi connectivity index (χ1n) is 5.52. The molecule has 0 aromatic carbocycles. The van der Waals surface area contributed by atoms with Crippen molar-refractivity contribution >= 4 is 22.9 Å². The van der Waals surface area contributed by atoms with Crippen LogP contribution >= 0.6 is 22.9 Å². The highest BCUT2D eigenvalue weighted by molar-refractivity contribution is 7.16. The number of hydrazine groups is 1. The molecule has 2 heterocycles. The van der Waals surface area contributed by atoms with Gasteiger partial charge >= 0.3 is 0 Å². The van der Waals surface area contributed by atoms with E-state index < -0.39 is 0 Å². The first-order valence-corrected chi connectivity index (χ1v) is 6.72. The number of hydrogen-bond donors (Lipinski definition) is 2. The summed E-state index contributed by atoms with van der Waals surface area (Å²) in [5.74, 6) is 6.13. The molecule has 3 N–H and O–H groups in total. The summed E-state index contributed by atoms with van der Waals surface area (Å²) < 4.78 is 6.41. The molecule has 1 aliphatic heterocycles. The zero-order valence-electron chi connectivity index (χ0n) is 9.28. The van der Waals surface area contributed by atoms with Gasteiger partial charge in [-0.3, -0.25) is 11.3 Å². The Bertz CT molecular complexity index is 344. The quantitative estimate of drug-likeness (QED) is 0.645. The van der Waals surface area contributed by atoms with Crippen LogP contribution in [0.15, 0.2) is 12.1 Å². The molecule has 1 aliphatic rings. The van der Waals surface area contributed by atoms with Gasteiger partial charge < -0.3 is 4.74 Å². The van der Waals surface area contributed by atoms with Crippen LogP contribution in [0.2, 0.25) is 4.34 Å². The van der Waals surface area contributed by atoms with Crippen LogP contribution in [0.4, 0.5) is 0 Å². The minimum Gasteiger partial charge on any atom is -0.378 e. The van der Waals surface area contributed by atoms with Crippen LogP contribution in [0, 0.1) is 5.92 Å². The van der Waals surface area contributed by atoms with Gasteiger partial charge in [0.1, 0.15) is 0 Å². The van der Waals surface area contributed by atoms with Gasteiger partial charge in [-0.15, -0.1) is 11.3 Å². The highest BCUT2D eigenvalue weighted by Gasteiger charge is 2.31. The minimum absolute atomic E-state index is 0.271. The van der Waals surface area contributed by atoms with E-state index in [1.807, 2.05) is 6.07 Å². The molecule has 3 unspecified atom stereocenters. The van der Waals surface area contributed by atoms with Crippen molar-refractivity contribution < 1.29 is 4.74 Å². The van der Waals surface area contributed by atoms with E-state index in [1.54, 1.807) is 11.3 Å². The summed E-state index contributed by atoms with van der Waals surface area (Å²) in [6, 6.07) is 4.27. The lowest BCUT2D eigenvalue weighted by Crippen LogP contribution is -2.44. The third-order valence-electron chi connectivity index (χ3n) is 3.22. The molecule has 90 valence electrons. The van der Waals surface area contributed by atoms with E-state index in [2.05, 4.69) is 18.4 Å². The number of halogens is 1. The van der Waals surface area contributed by atoms with Gasteiger partial charge in [-0.25, -0.2) is 0 Å². The molecule has 3 nitrogen and oxygen atoms in total. The van der Waals surface area contributed by atoms with Gasteiger partial charge in [-0.1, -0.05) is 11.6 Å². The van der Waals surface area contributed by atoms with Crippen molar-refractivity contribution in [1.29, 1.82) is 0 Å². The zero-order chi connectivity index (χ0) is 11.5. The lowest BCUT2D eigenvalue weighted by molar-refractivity contribution is 0.0955. The Kier molecular flexibility index (Phi) is 4.21. The lowest BCUT2D eigenvalue weighted by atomic mass is 9.91. The molecule has 0 saturated carbocycles. The number of rotatable bonds is 4. The monoisotopic (exact) mass is 260 g/mol. The predicted molar refractivity (Wildman–Crippen MR) is 67.7 cm³/mol. The molecule has 1 saturated heterocycles. The second-order valence-electron chi connectivity index (χ2n) is 4.21. The maximum Gasteiger partial charge on any atom is 0.0931 e. The van der Waals surface area contributed by atoms with Gasteiger partial charge in [0.15, 0.2) is 0 Å². The Hall–Kier alpha value is -0.130. The molecule has 0 radical (unpaired) electrons. The minimum atomic E-state index is 0.271. The maximum atomic E-state index is 5.92. The van der Waals surface area contributed by atoms with Gasteiger partial charge in [0.25, 0.3) is 0 Å². The van der Waals surface area contributed by atoms with Crippen molar-refractivity contribution in [3.05, 3.63) is 21.3 Å². The molecule has 0 spiro atoms. The van der Waals surface area contributed by atoms with Gasteiger partial charge in [0.2, 0.25) is 0 Å². The summed E-state index contributed by atoms with van der Waals surface area (Å²) in [4.78, 5) is 1.27. The van der Waals surface area contributed by atoms with Gasteiger partial charge in [0.05, 0.1) is 10.4 Å². The molecule has 1 aromatic rings. The van der Waals surface area contributed by atoms with Gasteiger partial charge in [-0.05, 0) is 31.9 Å². The molecule has 0 aliphatic carbocycles. The fourth-order valence-electron chi connectivity index (χ4n) is 2.29. The summed E-state index contributed by atoms with van der Waals surface area (Å²) in [6.07, 6.45) is 2.29. The van der Waals surface area contributed by atoms with E-state index in [9.17, 15) is 0 Å². The predicted octanol–water partition coefficient (Wildman–Crippen LogP) is 2.20. The van der Waals surface area contributed by atoms with Crippen LogP contribution in [0.3, 0.4) is 0 Å². The Morgan fingerprint density at radius 2 is 2.50 bits per heavy atom. The third kappa shape index (κ3) is 2.76. The fourth-order valence-corrected chi connectivity index (χ4v) is 3.43. The summed E-state index contributed by atoms with van der Waals surface area (Å²) in [6.45, 7) is 2.96. The molecule has 1 fully saturated rings. The van der Waals surface area contributed by atoms with Crippen molar-refractivity contribution in [2.24, 2.45) is 11.8 Å². The molecule has 1 aromatic heterocycles. The zero-order valence-corrected chi connectivity index (χ0v) is 10.9. The van der Waals surface area contributed by atoms with E-state index in [-0.39, 0.29) is 12.1 Å². The first-order chi connectivity index (χ1) is 7.70. The summed E-state index contributed by atoms with van der Waals surface area (Å²) in [5.41, 5.74) is 2.92. The molecular weight excluding hydrogens is 244 g/mol. The summed E-state index contributed by atoms with van der Waals surface area (Å²) >= 11 is 7.54. The Labute approximate surface area is 105 Å². The van der Waals surface area contributed by atoms with Crippen LogP contribution in [-0.4, -0.2) is 18.8 Å². The van der Waals surface area contributed by atoms with Crippen molar-refractivity contribution in [3.63, 3.8) is 0 Å². The number of thiophene rings is 1. The number of nitrogens with two attached hydrogens (primary N) is 1. The summed E-state index contributed by atoms with van der Waals surface area (Å²) in [5, 5.41) is 0. The van der Waals surface area contributed by atoms with E-state index in [1.165, 1.54) is 4.88 Å². The highest BCUT2D eigenvalue weighted by Crippen LogP contribution is 2.28. The highest BCUT2D eigenvalue weighted by atomic mass is 35.5. The second-order valence-corrected chi connectivity index (χ2v) is 6.01. The van der Waals surface area contributed by atoms with E-state index >= 15 is 0 Å². The largest absolute Gasteiger partial charge is 0.378 e. The lowest BCUT2D eigenvalue weighted by Gasteiger charge is -2.24. The van der Waals surface area contributed by atoms with E-state index in [0.29, 0.717) is 5.92 Å². The topological polar surface area (TPSA) is 47.3 Å². The number of ether oxygens (including phenoxy) is 1. The van der Waals surface area contributed by atoms with E-state index in [0.717, 1.165) is 23.8 Å². The van der Waals surface area contributed by atoms with Crippen LogP contribution < -0.4 is 11.3 Å². The van der Waals surface area contributed by atoms with Crippen LogP contribution in [0.1, 0.15) is 18.2 Å². The third-order valence-corrected chi connectivity index (χ3v) is 4.47. The normalized spacial score (nSPS) is 27.2. The fraction of sp³-hybridized carbons (Fsp3) is 0.636. The molecule has 0 bridgehead atoms. The summed E-state index contributed by atoms with van der Waals surface area (Å²) in [7, 11) is 0. The Morgan fingerprint density at radius 3 is 3.00 bits per heavy atom. The maximum absolute atomic E-state index is 5.92.